The number of anilines is 1. The van der Waals surface area contributed by atoms with Crippen LogP contribution in [0.3, 0.4) is 0 Å². The molecule has 1 fully saturated rings. The zero-order valence-corrected chi connectivity index (χ0v) is 11.2. The Kier molecular flexibility index (Phi) is 3.29. The van der Waals surface area contributed by atoms with Crippen molar-refractivity contribution in [2.24, 2.45) is 0 Å². The lowest BCUT2D eigenvalue weighted by molar-refractivity contribution is -0.114. The third kappa shape index (κ3) is 2.26. The summed E-state index contributed by atoms with van der Waals surface area (Å²) in [6.07, 6.45) is 3.12. The summed E-state index contributed by atoms with van der Waals surface area (Å²) in [4.78, 5) is 25.5. The van der Waals surface area contributed by atoms with E-state index in [0.717, 1.165) is 25.9 Å². The van der Waals surface area contributed by atoms with Crippen molar-refractivity contribution < 1.29 is 14.3 Å². The molecule has 3 rings (SSSR count). The Balaban J connectivity index is 1.86. The molecule has 1 saturated heterocycles. The molecule has 0 aliphatic carbocycles. The molecule has 1 atom stereocenters. The summed E-state index contributed by atoms with van der Waals surface area (Å²) in [6.45, 7) is 1.17. The van der Waals surface area contributed by atoms with Crippen LogP contribution in [0.5, 0.6) is 0 Å². The van der Waals surface area contributed by atoms with Crippen molar-refractivity contribution in [3.8, 4) is 0 Å². The van der Waals surface area contributed by atoms with Gasteiger partial charge in [-0.15, -0.1) is 0 Å². The monoisotopic (exact) mass is 279 g/mol. The van der Waals surface area contributed by atoms with E-state index in [1.807, 2.05) is 0 Å². The lowest BCUT2D eigenvalue weighted by Gasteiger charge is -2.27. The van der Waals surface area contributed by atoms with Gasteiger partial charge in [-0.3, -0.25) is 9.59 Å². The number of Topliss-reactive ketones (excluding diaryl/α,β-unsaturated/α-hetero) is 1. The SMILES string of the molecule is O=C1C(=O)N(C[C@@H]2CCCCO2)c2ccc(Cl)cc21. The van der Waals surface area contributed by atoms with Crippen molar-refractivity contribution in [1.29, 1.82) is 0 Å². The molecule has 1 amide bonds. The molecule has 5 heteroatoms. The van der Waals surface area contributed by atoms with Crippen LogP contribution in [0.4, 0.5) is 5.69 Å². The Morgan fingerprint density at radius 3 is 2.89 bits per heavy atom. The van der Waals surface area contributed by atoms with Gasteiger partial charge in [0.05, 0.1) is 23.9 Å². The lowest BCUT2D eigenvalue weighted by atomic mass is 10.1. The number of fused-ring (bicyclic) bond motifs is 1. The number of carbonyl (C=O) groups excluding carboxylic acids is 2. The fourth-order valence-electron chi connectivity index (χ4n) is 2.61. The Bertz CT molecular complexity index is 537. The summed E-state index contributed by atoms with van der Waals surface area (Å²) in [5.74, 6) is -0.959. The van der Waals surface area contributed by atoms with Crippen LogP contribution < -0.4 is 4.90 Å². The van der Waals surface area contributed by atoms with Crippen LogP contribution in [0.25, 0.3) is 0 Å². The summed E-state index contributed by atoms with van der Waals surface area (Å²) < 4.78 is 5.63. The molecule has 100 valence electrons. The van der Waals surface area contributed by atoms with Crippen LogP contribution >= 0.6 is 11.6 Å². The Hall–Kier alpha value is -1.39. The number of benzene rings is 1. The third-order valence-electron chi connectivity index (χ3n) is 3.59. The topological polar surface area (TPSA) is 46.6 Å². The first-order chi connectivity index (χ1) is 9.16. The highest BCUT2D eigenvalue weighted by Gasteiger charge is 2.37. The van der Waals surface area contributed by atoms with Crippen molar-refractivity contribution >= 4 is 29.0 Å². The van der Waals surface area contributed by atoms with Gasteiger partial charge in [-0.25, -0.2) is 0 Å². The first-order valence-corrected chi connectivity index (χ1v) is 6.82. The fourth-order valence-corrected chi connectivity index (χ4v) is 2.78. The molecule has 0 aromatic heterocycles. The van der Waals surface area contributed by atoms with Crippen LogP contribution in [0, 0.1) is 0 Å². The van der Waals surface area contributed by atoms with Crippen LogP contribution in [0.2, 0.25) is 5.02 Å². The first kappa shape index (κ1) is 12.6. The van der Waals surface area contributed by atoms with Crippen LogP contribution in [0.1, 0.15) is 29.6 Å². The van der Waals surface area contributed by atoms with Crippen molar-refractivity contribution in [2.75, 3.05) is 18.1 Å². The highest BCUT2D eigenvalue weighted by Crippen LogP contribution is 2.32. The van der Waals surface area contributed by atoms with E-state index in [9.17, 15) is 9.59 Å². The van der Waals surface area contributed by atoms with E-state index in [4.69, 9.17) is 16.3 Å². The summed E-state index contributed by atoms with van der Waals surface area (Å²) in [6, 6.07) is 4.98. The average molecular weight is 280 g/mol. The quantitative estimate of drug-likeness (QED) is 0.781. The van der Waals surface area contributed by atoms with Crippen molar-refractivity contribution in [2.45, 2.75) is 25.4 Å². The van der Waals surface area contributed by atoms with Gasteiger partial charge in [0.25, 0.3) is 11.7 Å². The van der Waals surface area contributed by atoms with E-state index in [1.54, 1.807) is 18.2 Å². The predicted octanol–water partition coefficient (Wildman–Crippen LogP) is 2.44. The zero-order valence-electron chi connectivity index (χ0n) is 10.4. The maximum atomic E-state index is 12.0. The molecule has 2 aliphatic heterocycles. The van der Waals surface area contributed by atoms with Crippen molar-refractivity contribution in [3.63, 3.8) is 0 Å². The van der Waals surface area contributed by atoms with Gasteiger partial charge in [0, 0.05) is 11.6 Å². The number of carbonyl (C=O) groups is 2. The highest BCUT2D eigenvalue weighted by molar-refractivity contribution is 6.52. The van der Waals surface area contributed by atoms with Gasteiger partial charge < -0.3 is 9.64 Å². The molecule has 0 saturated carbocycles. The summed E-state index contributed by atoms with van der Waals surface area (Å²) in [7, 11) is 0. The summed E-state index contributed by atoms with van der Waals surface area (Å²) >= 11 is 5.87. The molecule has 2 aliphatic rings. The smallest absolute Gasteiger partial charge is 0.299 e. The van der Waals surface area contributed by atoms with E-state index < -0.39 is 11.7 Å². The number of hydrogen-bond donors (Lipinski definition) is 0. The molecular formula is C14H14ClNO3. The van der Waals surface area contributed by atoms with Crippen LogP contribution in [-0.2, 0) is 9.53 Å². The standard InChI is InChI=1S/C14H14ClNO3/c15-9-4-5-12-11(7-9)13(17)14(18)16(12)8-10-3-1-2-6-19-10/h4-5,7,10H,1-3,6,8H2/t10-/m0/s1. The van der Waals surface area contributed by atoms with E-state index in [1.165, 1.54) is 4.90 Å². The minimum Gasteiger partial charge on any atom is -0.376 e. The molecule has 0 N–H and O–H groups in total. The predicted molar refractivity (Wildman–Crippen MR) is 71.7 cm³/mol. The number of rotatable bonds is 2. The minimum atomic E-state index is -0.480. The molecule has 0 radical (unpaired) electrons. The summed E-state index contributed by atoms with van der Waals surface area (Å²) in [5, 5.41) is 0.468. The molecule has 0 spiro atoms. The molecular weight excluding hydrogens is 266 g/mol. The summed E-state index contributed by atoms with van der Waals surface area (Å²) in [5.41, 5.74) is 1.04. The highest BCUT2D eigenvalue weighted by atomic mass is 35.5. The van der Waals surface area contributed by atoms with Crippen molar-refractivity contribution in [3.05, 3.63) is 28.8 Å². The van der Waals surface area contributed by atoms with Crippen molar-refractivity contribution in [1.82, 2.24) is 0 Å². The maximum Gasteiger partial charge on any atom is 0.299 e. The van der Waals surface area contributed by atoms with Gasteiger partial charge in [0.2, 0.25) is 0 Å². The minimum absolute atomic E-state index is 0.0205. The van der Waals surface area contributed by atoms with Gasteiger partial charge in [-0.05, 0) is 37.5 Å². The Morgan fingerprint density at radius 1 is 1.32 bits per heavy atom. The number of ketones is 1. The number of amides is 1. The van der Waals surface area contributed by atoms with E-state index >= 15 is 0 Å². The average Bonchev–Trinajstić information content (AvgIpc) is 2.65. The van der Waals surface area contributed by atoms with Gasteiger partial charge in [0.1, 0.15) is 0 Å². The van der Waals surface area contributed by atoms with E-state index in [0.29, 0.717) is 22.8 Å². The van der Waals surface area contributed by atoms with Crippen LogP contribution in [0.15, 0.2) is 18.2 Å². The second-order valence-electron chi connectivity index (χ2n) is 4.89. The molecule has 0 unspecified atom stereocenters. The second-order valence-corrected chi connectivity index (χ2v) is 5.33. The molecule has 1 aromatic rings. The molecule has 19 heavy (non-hydrogen) atoms. The Morgan fingerprint density at radius 2 is 2.16 bits per heavy atom. The van der Waals surface area contributed by atoms with E-state index in [2.05, 4.69) is 0 Å². The second kappa shape index (κ2) is 4.94. The number of ether oxygens (including phenoxy) is 1. The number of halogens is 1. The molecule has 0 bridgehead atoms. The van der Waals surface area contributed by atoms with Gasteiger partial charge >= 0.3 is 0 Å². The van der Waals surface area contributed by atoms with Gasteiger partial charge in [0.15, 0.2) is 0 Å². The molecule has 4 nitrogen and oxygen atoms in total. The van der Waals surface area contributed by atoms with Crippen LogP contribution in [-0.4, -0.2) is 30.9 Å². The van der Waals surface area contributed by atoms with E-state index in [-0.39, 0.29) is 6.10 Å². The molecule has 1 aromatic carbocycles. The first-order valence-electron chi connectivity index (χ1n) is 6.44. The van der Waals surface area contributed by atoms with Gasteiger partial charge in [-0.2, -0.15) is 0 Å². The lowest BCUT2D eigenvalue weighted by Crippen LogP contribution is -2.39. The normalized spacial score (nSPS) is 22.8. The number of hydrogen-bond acceptors (Lipinski definition) is 3. The maximum absolute atomic E-state index is 12.0. The largest absolute Gasteiger partial charge is 0.376 e. The molecule has 2 heterocycles. The van der Waals surface area contributed by atoms with Gasteiger partial charge in [-0.1, -0.05) is 11.6 Å². The fraction of sp³-hybridized carbons (Fsp3) is 0.429. The number of nitrogens with zero attached hydrogens (tertiary/aromatic N) is 1. The zero-order chi connectivity index (χ0) is 13.4. The third-order valence-corrected chi connectivity index (χ3v) is 3.83. The Labute approximate surface area is 116 Å².